The van der Waals surface area contributed by atoms with Crippen LogP contribution in [0.1, 0.15) is 51.4 Å². The summed E-state index contributed by atoms with van der Waals surface area (Å²) in [6.45, 7) is 7.47. The van der Waals surface area contributed by atoms with Crippen molar-refractivity contribution in [3.63, 3.8) is 0 Å². The molecule has 10 heteroatoms. The van der Waals surface area contributed by atoms with Crippen LogP contribution in [0.15, 0.2) is 44.7 Å². The van der Waals surface area contributed by atoms with E-state index in [0.29, 0.717) is 16.7 Å². The molecule has 8 nitrogen and oxygen atoms in total. The second kappa shape index (κ2) is 9.79. The molecule has 0 fully saturated rings. The van der Waals surface area contributed by atoms with E-state index in [4.69, 9.17) is 16.3 Å². The maximum Gasteiger partial charge on any atom is 0.313 e. The summed E-state index contributed by atoms with van der Waals surface area (Å²) >= 11 is 9.49. The van der Waals surface area contributed by atoms with Gasteiger partial charge in [0.25, 0.3) is 5.56 Å². The van der Waals surface area contributed by atoms with Gasteiger partial charge in [0, 0.05) is 27.0 Å². The topological polar surface area (TPSA) is 99.6 Å². The molecule has 0 saturated heterocycles. The average molecular weight is 522 g/mol. The highest BCUT2D eigenvalue weighted by molar-refractivity contribution is 9.10. The third-order valence-electron chi connectivity index (χ3n) is 4.81. The van der Waals surface area contributed by atoms with Crippen molar-refractivity contribution in [2.24, 2.45) is 5.10 Å². The fraction of sp³-hybridized carbons (Fsp3) is 0.318. The first kappa shape index (κ1) is 23.9. The number of benzene rings is 2. The van der Waals surface area contributed by atoms with Crippen molar-refractivity contribution in [3.05, 3.63) is 71.7 Å². The van der Waals surface area contributed by atoms with Gasteiger partial charge < -0.3 is 4.74 Å². The smallest absolute Gasteiger partial charge is 0.313 e. The van der Waals surface area contributed by atoms with Crippen LogP contribution in [0.3, 0.4) is 0 Å². The summed E-state index contributed by atoms with van der Waals surface area (Å²) in [6, 6.07) is 8.02. The predicted molar refractivity (Wildman–Crippen MR) is 129 cm³/mol. The Labute approximate surface area is 198 Å². The van der Waals surface area contributed by atoms with Gasteiger partial charge in [0.1, 0.15) is 5.82 Å². The van der Waals surface area contributed by atoms with Crippen molar-refractivity contribution < 1.29 is 9.66 Å². The normalized spacial score (nSPS) is 12.6. The Kier molecular flexibility index (Phi) is 7.30. The van der Waals surface area contributed by atoms with E-state index >= 15 is 0 Å². The first-order valence-electron chi connectivity index (χ1n) is 10.0. The molecule has 0 unspecified atom stereocenters. The van der Waals surface area contributed by atoms with E-state index in [2.05, 4.69) is 26.0 Å². The van der Waals surface area contributed by atoms with Crippen molar-refractivity contribution in [2.45, 2.75) is 46.1 Å². The highest BCUT2D eigenvalue weighted by Crippen LogP contribution is 2.34. The number of nitro benzene ring substituents is 1. The Morgan fingerprint density at radius 3 is 2.66 bits per heavy atom. The largest absolute Gasteiger partial charge is 0.484 e. The number of rotatable bonds is 7. The summed E-state index contributed by atoms with van der Waals surface area (Å²) in [5, 5.41) is 16.5. The number of fused-ring (bicyclic) bond motifs is 1. The van der Waals surface area contributed by atoms with E-state index in [0.717, 1.165) is 10.9 Å². The van der Waals surface area contributed by atoms with Crippen LogP contribution in [0, 0.1) is 10.1 Å². The first-order chi connectivity index (χ1) is 15.1. The third kappa shape index (κ3) is 4.99. The third-order valence-corrected chi connectivity index (χ3v) is 5.52. The Morgan fingerprint density at radius 1 is 1.31 bits per heavy atom. The van der Waals surface area contributed by atoms with Crippen LogP contribution in [0.4, 0.5) is 5.69 Å². The van der Waals surface area contributed by atoms with Crippen molar-refractivity contribution in [2.75, 3.05) is 0 Å². The molecule has 1 aromatic heterocycles. The van der Waals surface area contributed by atoms with Crippen LogP contribution < -0.4 is 10.3 Å². The number of hydrogen-bond acceptors (Lipinski definition) is 6. The van der Waals surface area contributed by atoms with E-state index in [9.17, 15) is 14.9 Å². The standard InChI is InChI=1S/C22H22BrClN4O4/c1-5-13(4)21-26-18-7-6-15(23)9-17(18)22(29)27(21)25-11-14-8-16(24)10-19(28(30)31)20(14)32-12(2)3/h6-13H,5H2,1-4H3/t13-/m0/s1. The van der Waals surface area contributed by atoms with Gasteiger partial charge >= 0.3 is 5.69 Å². The maximum atomic E-state index is 13.3. The average Bonchev–Trinajstić information content (AvgIpc) is 2.73. The summed E-state index contributed by atoms with van der Waals surface area (Å²) in [7, 11) is 0. The molecule has 0 aliphatic carbocycles. The van der Waals surface area contributed by atoms with Gasteiger partial charge in [-0.2, -0.15) is 9.78 Å². The fourth-order valence-electron chi connectivity index (χ4n) is 3.09. The van der Waals surface area contributed by atoms with Crippen LogP contribution in [0.2, 0.25) is 5.02 Å². The zero-order valence-electron chi connectivity index (χ0n) is 18.0. The molecule has 0 spiro atoms. The van der Waals surface area contributed by atoms with Crippen molar-refractivity contribution in [1.82, 2.24) is 9.66 Å². The summed E-state index contributed by atoms with van der Waals surface area (Å²) in [5.41, 5.74) is 0.241. The van der Waals surface area contributed by atoms with Crippen molar-refractivity contribution in [1.29, 1.82) is 0 Å². The Bertz CT molecular complexity index is 1270. The maximum absolute atomic E-state index is 13.3. The number of nitro groups is 1. The van der Waals surface area contributed by atoms with Gasteiger partial charge in [0.05, 0.1) is 28.1 Å². The molecule has 0 amide bonds. The Hall–Kier alpha value is -2.78. The molecule has 2 aromatic carbocycles. The predicted octanol–water partition coefficient (Wildman–Crippen LogP) is 5.90. The molecular formula is C22H22BrClN4O4. The molecule has 0 aliphatic rings. The van der Waals surface area contributed by atoms with E-state index in [1.807, 2.05) is 19.9 Å². The molecule has 1 heterocycles. The van der Waals surface area contributed by atoms with Gasteiger partial charge in [-0.15, -0.1) is 0 Å². The second-order valence-electron chi connectivity index (χ2n) is 7.57. The van der Waals surface area contributed by atoms with E-state index in [1.165, 1.54) is 23.0 Å². The SMILES string of the molecule is CC[C@H](C)c1nc2ccc(Br)cc2c(=O)n1N=Cc1cc(Cl)cc([N+](=O)[O-])c1OC(C)C. The summed E-state index contributed by atoms with van der Waals surface area (Å²) < 4.78 is 7.67. The molecular weight excluding hydrogens is 500 g/mol. The minimum Gasteiger partial charge on any atom is -0.484 e. The lowest BCUT2D eigenvalue weighted by atomic mass is 10.1. The highest BCUT2D eigenvalue weighted by atomic mass is 79.9. The first-order valence-corrected chi connectivity index (χ1v) is 11.2. The molecule has 0 radical (unpaired) electrons. The minimum absolute atomic E-state index is 0.0350. The molecule has 1 atom stereocenters. The van der Waals surface area contributed by atoms with Crippen LogP contribution in [0.5, 0.6) is 5.75 Å². The van der Waals surface area contributed by atoms with Crippen LogP contribution in [-0.4, -0.2) is 26.9 Å². The molecule has 0 aliphatic heterocycles. The zero-order valence-corrected chi connectivity index (χ0v) is 20.3. The Morgan fingerprint density at radius 2 is 2.03 bits per heavy atom. The molecule has 0 saturated carbocycles. The molecule has 0 bridgehead atoms. The van der Waals surface area contributed by atoms with Crippen molar-refractivity contribution in [3.8, 4) is 5.75 Å². The monoisotopic (exact) mass is 520 g/mol. The zero-order chi connectivity index (χ0) is 23.6. The number of nitrogens with zero attached hydrogens (tertiary/aromatic N) is 4. The molecule has 168 valence electrons. The van der Waals surface area contributed by atoms with Crippen LogP contribution >= 0.6 is 27.5 Å². The molecule has 3 aromatic rings. The number of hydrogen-bond donors (Lipinski definition) is 0. The lowest BCUT2D eigenvalue weighted by Crippen LogP contribution is -2.23. The molecule has 3 rings (SSSR count). The van der Waals surface area contributed by atoms with Crippen LogP contribution in [0.25, 0.3) is 10.9 Å². The van der Waals surface area contributed by atoms with Crippen molar-refractivity contribution >= 4 is 50.3 Å². The van der Waals surface area contributed by atoms with Gasteiger partial charge in [-0.25, -0.2) is 4.98 Å². The van der Waals surface area contributed by atoms with Gasteiger partial charge in [-0.05, 0) is 44.5 Å². The lowest BCUT2D eigenvalue weighted by Gasteiger charge is -2.15. The van der Waals surface area contributed by atoms with Crippen LogP contribution in [-0.2, 0) is 0 Å². The number of aromatic nitrogens is 2. The quantitative estimate of drug-likeness (QED) is 0.219. The fourth-order valence-corrected chi connectivity index (χ4v) is 3.68. The summed E-state index contributed by atoms with van der Waals surface area (Å²) in [4.78, 5) is 28.9. The van der Waals surface area contributed by atoms with Gasteiger partial charge in [-0.1, -0.05) is 41.4 Å². The second-order valence-corrected chi connectivity index (χ2v) is 8.92. The van der Waals surface area contributed by atoms with E-state index in [1.54, 1.807) is 26.0 Å². The number of ether oxygens (including phenoxy) is 1. The van der Waals surface area contributed by atoms with Gasteiger partial charge in [-0.3, -0.25) is 14.9 Å². The summed E-state index contributed by atoms with van der Waals surface area (Å²) in [5.74, 6) is 0.479. The van der Waals surface area contributed by atoms with Gasteiger partial charge in [0.2, 0.25) is 5.75 Å². The van der Waals surface area contributed by atoms with E-state index < -0.39 is 4.92 Å². The van der Waals surface area contributed by atoms with E-state index in [-0.39, 0.29) is 39.6 Å². The highest BCUT2D eigenvalue weighted by Gasteiger charge is 2.22. The minimum atomic E-state index is -0.563. The van der Waals surface area contributed by atoms with Gasteiger partial charge in [0.15, 0.2) is 0 Å². The Balaban J connectivity index is 2.25. The molecule has 0 N–H and O–H groups in total. The summed E-state index contributed by atoms with van der Waals surface area (Å²) in [6.07, 6.45) is 1.77. The molecule has 32 heavy (non-hydrogen) atoms. The number of halogens is 2. The lowest BCUT2D eigenvalue weighted by molar-refractivity contribution is -0.386.